The van der Waals surface area contributed by atoms with Crippen molar-refractivity contribution >= 4 is 23.6 Å². The van der Waals surface area contributed by atoms with Crippen molar-refractivity contribution in [3.63, 3.8) is 0 Å². The van der Waals surface area contributed by atoms with E-state index < -0.39 is 0 Å². The van der Waals surface area contributed by atoms with Gasteiger partial charge in [-0.25, -0.2) is 0 Å². The fourth-order valence-electron chi connectivity index (χ4n) is 3.18. The van der Waals surface area contributed by atoms with Gasteiger partial charge in [-0.05, 0) is 47.7 Å². The Kier molecular flexibility index (Phi) is 3.90. The van der Waals surface area contributed by atoms with Crippen molar-refractivity contribution in [3.05, 3.63) is 64.2 Å². The van der Waals surface area contributed by atoms with Crippen molar-refractivity contribution < 1.29 is 14.3 Å². The van der Waals surface area contributed by atoms with E-state index in [0.29, 0.717) is 16.5 Å². The third-order valence-corrected chi connectivity index (χ3v) is 4.61. The molecule has 1 unspecified atom stereocenters. The average molecular weight is 342 g/mol. The molecule has 1 heterocycles. The van der Waals surface area contributed by atoms with Crippen molar-refractivity contribution in [1.29, 1.82) is 0 Å². The van der Waals surface area contributed by atoms with Crippen molar-refractivity contribution in [2.75, 3.05) is 6.79 Å². The van der Waals surface area contributed by atoms with Gasteiger partial charge in [0, 0.05) is 6.08 Å². The second kappa shape index (κ2) is 6.21. The normalized spacial score (nSPS) is 18.0. The molecule has 5 heteroatoms. The van der Waals surface area contributed by atoms with E-state index in [2.05, 4.69) is 17.4 Å². The number of carbonyl (C=O) groups excluding carboxylic acids is 1. The summed E-state index contributed by atoms with van der Waals surface area (Å²) in [6.45, 7) is 0.170. The molecule has 1 N–H and O–H groups in total. The Hall–Kier alpha value is -2.46. The van der Waals surface area contributed by atoms with Crippen LogP contribution in [0.2, 0.25) is 5.02 Å². The molecule has 0 fully saturated rings. The lowest BCUT2D eigenvalue weighted by Gasteiger charge is -2.12. The SMILES string of the molecule is O=C(/C=C/c1cc(Cl)c2c(c1)OCO2)NC1CCc2ccccc21. The molecule has 1 aliphatic heterocycles. The van der Waals surface area contributed by atoms with Gasteiger partial charge >= 0.3 is 0 Å². The van der Waals surface area contributed by atoms with Gasteiger partial charge in [-0.1, -0.05) is 35.9 Å². The molecule has 0 saturated heterocycles. The molecular weight excluding hydrogens is 326 g/mol. The van der Waals surface area contributed by atoms with Crippen LogP contribution in [0, 0.1) is 0 Å². The van der Waals surface area contributed by atoms with Crippen LogP contribution in [-0.2, 0) is 11.2 Å². The lowest BCUT2D eigenvalue weighted by atomic mass is 10.1. The molecular formula is C19H16ClNO3. The Bertz CT molecular complexity index is 831. The highest BCUT2D eigenvalue weighted by atomic mass is 35.5. The lowest BCUT2D eigenvalue weighted by molar-refractivity contribution is -0.117. The van der Waals surface area contributed by atoms with E-state index in [1.165, 1.54) is 17.2 Å². The predicted molar refractivity (Wildman–Crippen MR) is 92.3 cm³/mol. The van der Waals surface area contributed by atoms with Gasteiger partial charge in [0.1, 0.15) is 0 Å². The first kappa shape index (κ1) is 15.1. The molecule has 1 atom stereocenters. The number of ether oxygens (including phenoxy) is 2. The highest BCUT2D eigenvalue weighted by molar-refractivity contribution is 6.32. The summed E-state index contributed by atoms with van der Waals surface area (Å²) in [7, 11) is 0. The van der Waals surface area contributed by atoms with Crippen LogP contribution < -0.4 is 14.8 Å². The van der Waals surface area contributed by atoms with Crippen LogP contribution >= 0.6 is 11.6 Å². The molecule has 4 nitrogen and oxygen atoms in total. The Morgan fingerprint density at radius 2 is 2.12 bits per heavy atom. The number of nitrogens with one attached hydrogen (secondary N) is 1. The summed E-state index contributed by atoms with van der Waals surface area (Å²) in [5.41, 5.74) is 3.32. The van der Waals surface area contributed by atoms with Gasteiger partial charge in [-0.2, -0.15) is 0 Å². The zero-order chi connectivity index (χ0) is 16.5. The van der Waals surface area contributed by atoms with Crippen LogP contribution in [0.25, 0.3) is 6.08 Å². The molecule has 2 aliphatic rings. The first-order chi connectivity index (χ1) is 11.7. The van der Waals surface area contributed by atoms with Gasteiger partial charge in [-0.3, -0.25) is 4.79 Å². The zero-order valence-corrected chi connectivity index (χ0v) is 13.7. The Morgan fingerprint density at radius 1 is 1.25 bits per heavy atom. The van der Waals surface area contributed by atoms with Gasteiger partial charge in [0.05, 0.1) is 11.1 Å². The number of rotatable bonds is 3. The van der Waals surface area contributed by atoms with E-state index in [1.807, 2.05) is 18.2 Å². The van der Waals surface area contributed by atoms with Gasteiger partial charge in [0.2, 0.25) is 12.7 Å². The third-order valence-electron chi connectivity index (χ3n) is 4.33. The lowest BCUT2D eigenvalue weighted by Crippen LogP contribution is -2.25. The van der Waals surface area contributed by atoms with Crippen LogP contribution in [0.3, 0.4) is 0 Å². The average Bonchev–Trinajstić information content (AvgIpc) is 3.21. The summed E-state index contributed by atoms with van der Waals surface area (Å²) in [6, 6.07) is 11.9. The first-order valence-corrected chi connectivity index (χ1v) is 8.24. The molecule has 1 amide bonds. The van der Waals surface area contributed by atoms with Crippen molar-refractivity contribution in [2.24, 2.45) is 0 Å². The summed E-state index contributed by atoms with van der Waals surface area (Å²) < 4.78 is 10.6. The maximum absolute atomic E-state index is 12.2. The quantitative estimate of drug-likeness (QED) is 0.862. The summed E-state index contributed by atoms with van der Waals surface area (Å²) in [5, 5.41) is 3.54. The molecule has 0 bridgehead atoms. The number of benzene rings is 2. The molecule has 0 spiro atoms. The van der Waals surface area contributed by atoms with Gasteiger partial charge in [0.15, 0.2) is 11.5 Å². The van der Waals surface area contributed by atoms with Crippen LogP contribution in [0.4, 0.5) is 0 Å². The Balaban J connectivity index is 1.45. The number of halogens is 1. The van der Waals surface area contributed by atoms with Crippen LogP contribution in [-0.4, -0.2) is 12.7 Å². The minimum Gasteiger partial charge on any atom is -0.454 e. The number of hydrogen-bond acceptors (Lipinski definition) is 3. The fourth-order valence-corrected chi connectivity index (χ4v) is 3.46. The molecule has 2 aromatic rings. The molecule has 2 aromatic carbocycles. The van der Waals surface area contributed by atoms with E-state index in [1.54, 1.807) is 12.1 Å². The smallest absolute Gasteiger partial charge is 0.244 e. The molecule has 1 aliphatic carbocycles. The van der Waals surface area contributed by atoms with Crippen LogP contribution in [0.5, 0.6) is 11.5 Å². The van der Waals surface area contributed by atoms with Crippen molar-refractivity contribution in [1.82, 2.24) is 5.32 Å². The minimum absolute atomic E-state index is 0.0821. The summed E-state index contributed by atoms with van der Waals surface area (Å²) in [4.78, 5) is 12.2. The zero-order valence-electron chi connectivity index (χ0n) is 12.9. The standard InChI is InChI=1S/C19H16ClNO3/c20-15-9-12(10-17-19(15)24-11-23-17)5-8-18(22)21-16-7-6-13-3-1-2-4-14(13)16/h1-5,8-10,16H,6-7,11H2,(H,21,22)/b8-5+. The summed E-state index contributed by atoms with van der Waals surface area (Å²) in [6.07, 6.45) is 5.19. The summed E-state index contributed by atoms with van der Waals surface area (Å²) in [5.74, 6) is 1.04. The molecule has 4 rings (SSSR count). The predicted octanol–water partition coefficient (Wildman–Crippen LogP) is 3.89. The number of carbonyl (C=O) groups is 1. The molecule has 0 saturated carbocycles. The topological polar surface area (TPSA) is 47.6 Å². The van der Waals surface area contributed by atoms with E-state index in [9.17, 15) is 4.79 Å². The second-order valence-electron chi connectivity index (χ2n) is 5.87. The van der Waals surface area contributed by atoms with Gasteiger partial charge < -0.3 is 14.8 Å². The van der Waals surface area contributed by atoms with E-state index in [0.717, 1.165) is 18.4 Å². The van der Waals surface area contributed by atoms with Crippen LogP contribution in [0.15, 0.2) is 42.5 Å². The monoisotopic (exact) mass is 341 g/mol. The Morgan fingerprint density at radius 3 is 3.04 bits per heavy atom. The minimum atomic E-state index is -0.120. The Labute approximate surface area is 145 Å². The first-order valence-electron chi connectivity index (χ1n) is 7.86. The van der Waals surface area contributed by atoms with Gasteiger partial charge in [0.25, 0.3) is 0 Å². The second-order valence-corrected chi connectivity index (χ2v) is 6.28. The maximum atomic E-state index is 12.2. The molecule has 122 valence electrons. The number of fused-ring (bicyclic) bond motifs is 2. The number of amides is 1. The van der Waals surface area contributed by atoms with Crippen molar-refractivity contribution in [3.8, 4) is 11.5 Å². The van der Waals surface area contributed by atoms with Gasteiger partial charge in [-0.15, -0.1) is 0 Å². The number of aryl methyl sites for hydroxylation is 1. The maximum Gasteiger partial charge on any atom is 0.244 e. The van der Waals surface area contributed by atoms with E-state index in [-0.39, 0.29) is 18.7 Å². The molecule has 0 radical (unpaired) electrons. The summed E-state index contributed by atoms with van der Waals surface area (Å²) >= 11 is 6.14. The third kappa shape index (κ3) is 2.85. The van der Waals surface area contributed by atoms with E-state index >= 15 is 0 Å². The van der Waals surface area contributed by atoms with Crippen molar-refractivity contribution in [2.45, 2.75) is 18.9 Å². The molecule has 0 aromatic heterocycles. The molecule has 24 heavy (non-hydrogen) atoms. The highest BCUT2D eigenvalue weighted by Crippen LogP contribution is 2.40. The fraction of sp³-hybridized carbons (Fsp3) is 0.211. The highest BCUT2D eigenvalue weighted by Gasteiger charge is 2.22. The largest absolute Gasteiger partial charge is 0.454 e. The van der Waals surface area contributed by atoms with E-state index in [4.69, 9.17) is 21.1 Å². The number of hydrogen-bond donors (Lipinski definition) is 1. The van der Waals surface area contributed by atoms with Crippen LogP contribution in [0.1, 0.15) is 29.2 Å².